The van der Waals surface area contributed by atoms with Crippen LogP contribution in [-0.2, 0) is 6.54 Å². The molecular formula is C18H30FN5. The molecule has 0 amide bonds. The molecule has 134 valence electrons. The maximum Gasteiger partial charge on any atom is 0.191 e. The summed E-state index contributed by atoms with van der Waals surface area (Å²) >= 11 is 0. The largest absolute Gasteiger partial charge is 0.367 e. The Kier molecular flexibility index (Phi) is 7.31. The van der Waals surface area contributed by atoms with Gasteiger partial charge < -0.3 is 20.4 Å². The molecule has 1 heterocycles. The standard InChI is InChI=1S/C18H30FN5/c1-4-20-18(21-5-2)22-14-15-7-8-17(16(19)13-15)24-11-9-23(6-3)10-12-24/h7-8,13H,4-6,9-12,14H2,1-3H3,(H2,20,21,22). The monoisotopic (exact) mass is 335 g/mol. The number of guanidine groups is 1. The lowest BCUT2D eigenvalue weighted by Crippen LogP contribution is -2.46. The molecule has 1 aliphatic heterocycles. The Labute approximate surface area is 144 Å². The van der Waals surface area contributed by atoms with Crippen molar-refractivity contribution < 1.29 is 4.39 Å². The topological polar surface area (TPSA) is 42.9 Å². The van der Waals surface area contributed by atoms with Crippen molar-refractivity contribution in [1.82, 2.24) is 15.5 Å². The van der Waals surface area contributed by atoms with Crippen LogP contribution in [0.25, 0.3) is 0 Å². The van der Waals surface area contributed by atoms with Crippen LogP contribution < -0.4 is 15.5 Å². The van der Waals surface area contributed by atoms with Gasteiger partial charge in [0.05, 0.1) is 12.2 Å². The van der Waals surface area contributed by atoms with Gasteiger partial charge in [-0.1, -0.05) is 13.0 Å². The summed E-state index contributed by atoms with van der Waals surface area (Å²) in [7, 11) is 0. The molecule has 1 saturated heterocycles. The van der Waals surface area contributed by atoms with Crippen LogP contribution in [0.5, 0.6) is 0 Å². The minimum atomic E-state index is -0.152. The zero-order chi connectivity index (χ0) is 17.4. The third-order valence-corrected chi connectivity index (χ3v) is 4.28. The smallest absolute Gasteiger partial charge is 0.191 e. The van der Waals surface area contributed by atoms with Crippen LogP contribution in [0, 0.1) is 5.82 Å². The Morgan fingerprint density at radius 3 is 2.29 bits per heavy atom. The van der Waals surface area contributed by atoms with E-state index in [4.69, 9.17) is 0 Å². The number of benzene rings is 1. The first-order chi connectivity index (χ1) is 11.7. The van der Waals surface area contributed by atoms with Gasteiger partial charge in [-0.05, 0) is 38.1 Å². The van der Waals surface area contributed by atoms with Crippen molar-refractivity contribution >= 4 is 11.6 Å². The SMILES string of the molecule is CCNC(=NCc1ccc(N2CCN(CC)CC2)c(F)c1)NCC. The minimum Gasteiger partial charge on any atom is -0.367 e. The van der Waals surface area contributed by atoms with Gasteiger partial charge in [-0.15, -0.1) is 0 Å². The van der Waals surface area contributed by atoms with Crippen LogP contribution >= 0.6 is 0 Å². The molecule has 0 spiro atoms. The zero-order valence-corrected chi connectivity index (χ0v) is 15.1. The Hall–Kier alpha value is -1.82. The average molecular weight is 335 g/mol. The van der Waals surface area contributed by atoms with Gasteiger partial charge in [0.25, 0.3) is 0 Å². The molecule has 1 aromatic carbocycles. The lowest BCUT2D eigenvalue weighted by Gasteiger charge is -2.35. The van der Waals surface area contributed by atoms with Crippen molar-refractivity contribution in [3.63, 3.8) is 0 Å². The van der Waals surface area contributed by atoms with Gasteiger partial charge in [0.1, 0.15) is 5.82 Å². The molecule has 2 rings (SSSR count). The Morgan fingerprint density at radius 1 is 1.08 bits per heavy atom. The number of rotatable bonds is 6. The van der Waals surface area contributed by atoms with E-state index < -0.39 is 0 Å². The zero-order valence-electron chi connectivity index (χ0n) is 15.1. The Bertz CT molecular complexity index is 530. The number of halogens is 1. The second kappa shape index (κ2) is 9.47. The molecule has 0 unspecified atom stereocenters. The first-order valence-corrected chi connectivity index (χ1v) is 8.95. The van der Waals surface area contributed by atoms with Gasteiger partial charge in [-0.3, -0.25) is 0 Å². The number of likely N-dealkylation sites (N-methyl/N-ethyl adjacent to an activating group) is 1. The second-order valence-electron chi connectivity index (χ2n) is 5.93. The van der Waals surface area contributed by atoms with Crippen LogP contribution in [0.2, 0.25) is 0 Å². The molecule has 1 aromatic rings. The number of nitrogens with one attached hydrogen (secondary N) is 2. The average Bonchev–Trinajstić information content (AvgIpc) is 2.60. The number of hydrogen-bond donors (Lipinski definition) is 2. The number of piperazine rings is 1. The summed E-state index contributed by atoms with van der Waals surface area (Å²) < 4.78 is 14.5. The molecular weight excluding hydrogens is 305 g/mol. The number of anilines is 1. The van der Waals surface area contributed by atoms with E-state index in [0.717, 1.165) is 57.3 Å². The van der Waals surface area contributed by atoms with Crippen LogP contribution in [-0.4, -0.2) is 56.7 Å². The number of aliphatic imine (C=N–C) groups is 1. The van der Waals surface area contributed by atoms with Crippen molar-refractivity contribution in [3.05, 3.63) is 29.6 Å². The van der Waals surface area contributed by atoms with E-state index in [-0.39, 0.29) is 5.82 Å². The van der Waals surface area contributed by atoms with Gasteiger partial charge in [-0.25, -0.2) is 9.38 Å². The quantitative estimate of drug-likeness (QED) is 0.617. The maximum atomic E-state index is 14.5. The lowest BCUT2D eigenvalue weighted by atomic mass is 10.1. The van der Waals surface area contributed by atoms with Crippen molar-refractivity contribution in [2.75, 3.05) is 50.7 Å². The highest BCUT2D eigenvalue weighted by Gasteiger charge is 2.18. The lowest BCUT2D eigenvalue weighted by molar-refractivity contribution is 0.270. The summed E-state index contributed by atoms with van der Waals surface area (Å²) in [5.74, 6) is 0.612. The summed E-state index contributed by atoms with van der Waals surface area (Å²) in [5, 5.41) is 6.35. The molecule has 0 radical (unpaired) electrons. The fourth-order valence-corrected chi connectivity index (χ4v) is 2.89. The highest BCUT2D eigenvalue weighted by atomic mass is 19.1. The van der Waals surface area contributed by atoms with Crippen LogP contribution in [0.1, 0.15) is 26.3 Å². The fraction of sp³-hybridized carbons (Fsp3) is 0.611. The second-order valence-corrected chi connectivity index (χ2v) is 5.93. The highest BCUT2D eigenvalue weighted by Crippen LogP contribution is 2.22. The van der Waals surface area contributed by atoms with Crippen LogP contribution in [0.3, 0.4) is 0 Å². The summed E-state index contributed by atoms with van der Waals surface area (Å²) in [5.41, 5.74) is 1.59. The molecule has 0 saturated carbocycles. The van der Waals surface area contributed by atoms with Crippen molar-refractivity contribution in [2.24, 2.45) is 4.99 Å². The summed E-state index contributed by atoms with van der Waals surface area (Å²) in [6, 6.07) is 5.48. The normalized spacial score (nSPS) is 15.2. The Balaban J connectivity index is 2.00. The van der Waals surface area contributed by atoms with E-state index in [9.17, 15) is 4.39 Å². The third kappa shape index (κ3) is 5.09. The van der Waals surface area contributed by atoms with Gasteiger partial charge in [0, 0.05) is 39.3 Å². The summed E-state index contributed by atoms with van der Waals surface area (Å²) in [6.07, 6.45) is 0. The summed E-state index contributed by atoms with van der Waals surface area (Å²) in [4.78, 5) is 9.01. The molecule has 0 atom stereocenters. The molecule has 0 bridgehead atoms. The fourth-order valence-electron chi connectivity index (χ4n) is 2.89. The van der Waals surface area contributed by atoms with Gasteiger partial charge in [0.15, 0.2) is 5.96 Å². The van der Waals surface area contributed by atoms with Gasteiger partial charge in [0.2, 0.25) is 0 Å². The van der Waals surface area contributed by atoms with Crippen LogP contribution in [0.15, 0.2) is 23.2 Å². The number of nitrogens with zero attached hydrogens (tertiary/aromatic N) is 3. The van der Waals surface area contributed by atoms with Crippen molar-refractivity contribution in [3.8, 4) is 0 Å². The first-order valence-electron chi connectivity index (χ1n) is 8.95. The van der Waals surface area contributed by atoms with Crippen molar-refractivity contribution in [1.29, 1.82) is 0 Å². The van der Waals surface area contributed by atoms with Crippen LogP contribution in [0.4, 0.5) is 10.1 Å². The van der Waals surface area contributed by atoms with Crippen molar-refractivity contribution in [2.45, 2.75) is 27.3 Å². The predicted molar refractivity (Wildman–Crippen MR) is 99.2 cm³/mol. The van der Waals surface area contributed by atoms with E-state index in [0.29, 0.717) is 12.2 Å². The van der Waals surface area contributed by atoms with E-state index in [1.807, 2.05) is 26.0 Å². The van der Waals surface area contributed by atoms with E-state index in [1.54, 1.807) is 6.07 Å². The molecule has 6 heteroatoms. The molecule has 1 aliphatic rings. The highest BCUT2D eigenvalue weighted by molar-refractivity contribution is 5.79. The molecule has 0 aromatic heterocycles. The summed E-state index contributed by atoms with van der Waals surface area (Å²) in [6.45, 7) is 13.1. The Morgan fingerprint density at radius 2 is 1.75 bits per heavy atom. The maximum absolute atomic E-state index is 14.5. The molecule has 2 N–H and O–H groups in total. The molecule has 24 heavy (non-hydrogen) atoms. The van der Waals surface area contributed by atoms with E-state index >= 15 is 0 Å². The van der Waals surface area contributed by atoms with Gasteiger partial charge in [-0.2, -0.15) is 0 Å². The van der Waals surface area contributed by atoms with Gasteiger partial charge >= 0.3 is 0 Å². The van der Waals surface area contributed by atoms with E-state index in [1.165, 1.54) is 0 Å². The molecule has 5 nitrogen and oxygen atoms in total. The molecule has 0 aliphatic carbocycles. The molecule has 1 fully saturated rings. The third-order valence-electron chi connectivity index (χ3n) is 4.28. The first kappa shape index (κ1) is 18.5. The predicted octanol–water partition coefficient (Wildman–Crippen LogP) is 2.04. The van der Waals surface area contributed by atoms with E-state index in [2.05, 4.69) is 32.3 Å². The number of hydrogen-bond acceptors (Lipinski definition) is 3. The minimum absolute atomic E-state index is 0.152.